The lowest BCUT2D eigenvalue weighted by molar-refractivity contribution is 0.0697. The Bertz CT molecular complexity index is 578. The molecule has 0 atom stereocenters. The molecule has 19 heavy (non-hydrogen) atoms. The number of hydrogen-bond acceptors (Lipinski definition) is 2. The molecule has 0 aliphatic heterocycles. The lowest BCUT2D eigenvalue weighted by atomic mass is 10.1. The number of aromatic carboxylic acids is 1. The molecule has 0 aromatic heterocycles. The average Bonchev–Trinajstić information content (AvgIpc) is 2.45. The summed E-state index contributed by atoms with van der Waals surface area (Å²) in [5, 5.41) is 12.2. The fourth-order valence-corrected chi connectivity index (χ4v) is 2.03. The van der Waals surface area contributed by atoms with Gasteiger partial charge in [0, 0.05) is 12.2 Å². The average molecular weight is 255 g/mol. The lowest BCUT2D eigenvalue weighted by Crippen LogP contribution is -2.04. The molecule has 0 unspecified atom stereocenters. The minimum atomic E-state index is -0.905. The lowest BCUT2D eigenvalue weighted by Gasteiger charge is -2.10. The number of carboxylic acid groups (broad SMARTS) is 1. The van der Waals surface area contributed by atoms with E-state index >= 15 is 0 Å². The maximum Gasteiger partial charge on any atom is 0.335 e. The maximum atomic E-state index is 10.9. The van der Waals surface area contributed by atoms with Crippen LogP contribution in [-0.4, -0.2) is 11.1 Å². The van der Waals surface area contributed by atoms with Crippen molar-refractivity contribution in [1.82, 2.24) is 0 Å². The Morgan fingerprint density at radius 1 is 1.11 bits per heavy atom. The summed E-state index contributed by atoms with van der Waals surface area (Å²) in [5.41, 5.74) is 3.68. The Balaban J connectivity index is 2.10. The first-order valence-corrected chi connectivity index (χ1v) is 6.34. The van der Waals surface area contributed by atoms with Gasteiger partial charge in [-0.15, -0.1) is 0 Å². The van der Waals surface area contributed by atoms with Crippen molar-refractivity contribution >= 4 is 11.7 Å². The molecule has 0 amide bonds. The topological polar surface area (TPSA) is 49.3 Å². The molecule has 98 valence electrons. The van der Waals surface area contributed by atoms with Crippen molar-refractivity contribution in [2.75, 3.05) is 5.32 Å². The van der Waals surface area contributed by atoms with Gasteiger partial charge in [-0.3, -0.25) is 0 Å². The molecule has 3 nitrogen and oxygen atoms in total. The van der Waals surface area contributed by atoms with E-state index in [2.05, 4.69) is 24.4 Å². The second kappa shape index (κ2) is 6.05. The van der Waals surface area contributed by atoms with Gasteiger partial charge in [-0.25, -0.2) is 4.79 Å². The highest BCUT2D eigenvalue weighted by Crippen LogP contribution is 2.14. The molecule has 0 spiro atoms. The molecule has 0 saturated heterocycles. The molecule has 2 N–H and O–H groups in total. The van der Waals surface area contributed by atoms with Crippen LogP contribution in [0.3, 0.4) is 0 Å². The van der Waals surface area contributed by atoms with Crippen LogP contribution in [0.1, 0.15) is 28.4 Å². The van der Waals surface area contributed by atoms with Gasteiger partial charge in [-0.2, -0.15) is 0 Å². The minimum absolute atomic E-state index is 0.300. The molecule has 0 bridgehead atoms. The normalized spacial score (nSPS) is 10.2. The summed E-state index contributed by atoms with van der Waals surface area (Å²) in [6, 6.07) is 15.1. The quantitative estimate of drug-likeness (QED) is 0.858. The molecule has 0 fully saturated rings. The van der Waals surface area contributed by atoms with Crippen LogP contribution in [-0.2, 0) is 13.0 Å². The van der Waals surface area contributed by atoms with Gasteiger partial charge in [0.05, 0.1) is 5.56 Å². The van der Waals surface area contributed by atoms with Crippen LogP contribution < -0.4 is 5.32 Å². The summed E-state index contributed by atoms with van der Waals surface area (Å²) in [4.78, 5) is 10.9. The summed E-state index contributed by atoms with van der Waals surface area (Å²) >= 11 is 0. The number of anilines is 1. The van der Waals surface area contributed by atoms with Gasteiger partial charge >= 0.3 is 5.97 Å². The highest BCUT2D eigenvalue weighted by Gasteiger charge is 2.04. The van der Waals surface area contributed by atoms with Gasteiger partial charge in [0.25, 0.3) is 0 Å². The molecule has 0 radical (unpaired) electrons. The zero-order chi connectivity index (χ0) is 13.7. The van der Waals surface area contributed by atoms with Gasteiger partial charge in [0.2, 0.25) is 0 Å². The molecular formula is C16H17NO2. The van der Waals surface area contributed by atoms with Crippen LogP contribution in [0.2, 0.25) is 0 Å². The van der Waals surface area contributed by atoms with E-state index in [1.54, 1.807) is 18.2 Å². The Morgan fingerprint density at radius 2 is 1.84 bits per heavy atom. The molecule has 0 aliphatic carbocycles. The van der Waals surface area contributed by atoms with Crippen LogP contribution in [0.5, 0.6) is 0 Å². The van der Waals surface area contributed by atoms with E-state index < -0.39 is 5.97 Å². The second-order valence-corrected chi connectivity index (χ2v) is 4.36. The zero-order valence-corrected chi connectivity index (χ0v) is 10.9. The third kappa shape index (κ3) is 3.35. The Hall–Kier alpha value is -2.29. The van der Waals surface area contributed by atoms with E-state index in [0.29, 0.717) is 12.1 Å². The van der Waals surface area contributed by atoms with Gasteiger partial charge in [-0.1, -0.05) is 37.3 Å². The van der Waals surface area contributed by atoms with Crippen molar-refractivity contribution in [3.8, 4) is 0 Å². The van der Waals surface area contributed by atoms with Crippen LogP contribution >= 0.6 is 0 Å². The first-order chi connectivity index (χ1) is 9.20. The number of nitrogens with one attached hydrogen (secondary N) is 1. The van der Waals surface area contributed by atoms with Crippen molar-refractivity contribution in [3.63, 3.8) is 0 Å². The number of carboxylic acids is 1. The standard InChI is InChI=1S/C16H17NO2/c1-2-12-6-3-4-7-14(12)11-17-15-9-5-8-13(10-15)16(18)19/h3-10,17H,2,11H2,1H3,(H,18,19). The Kier molecular flexibility index (Phi) is 4.18. The van der Waals surface area contributed by atoms with E-state index in [1.807, 2.05) is 18.2 Å². The first-order valence-electron chi connectivity index (χ1n) is 6.34. The molecule has 0 heterocycles. The van der Waals surface area contributed by atoms with Crippen LogP contribution in [0, 0.1) is 0 Å². The largest absolute Gasteiger partial charge is 0.478 e. The van der Waals surface area contributed by atoms with Crippen molar-refractivity contribution in [3.05, 3.63) is 65.2 Å². The third-order valence-corrected chi connectivity index (χ3v) is 3.09. The van der Waals surface area contributed by atoms with E-state index in [0.717, 1.165) is 12.1 Å². The van der Waals surface area contributed by atoms with Crippen LogP contribution in [0.4, 0.5) is 5.69 Å². The van der Waals surface area contributed by atoms with Gasteiger partial charge in [0.15, 0.2) is 0 Å². The van der Waals surface area contributed by atoms with Crippen LogP contribution in [0.25, 0.3) is 0 Å². The Labute approximate surface area is 112 Å². The summed E-state index contributed by atoms with van der Waals surface area (Å²) in [7, 11) is 0. The molecule has 3 heteroatoms. The van der Waals surface area contributed by atoms with Gasteiger partial charge in [-0.05, 0) is 35.7 Å². The van der Waals surface area contributed by atoms with E-state index in [4.69, 9.17) is 5.11 Å². The predicted octanol–water partition coefficient (Wildman–Crippen LogP) is 3.56. The monoisotopic (exact) mass is 255 g/mol. The van der Waals surface area contributed by atoms with Crippen molar-refractivity contribution in [2.24, 2.45) is 0 Å². The van der Waals surface area contributed by atoms with Crippen LogP contribution in [0.15, 0.2) is 48.5 Å². The van der Waals surface area contributed by atoms with Crippen molar-refractivity contribution in [2.45, 2.75) is 19.9 Å². The number of carbonyl (C=O) groups is 1. The maximum absolute atomic E-state index is 10.9. The minimum Gasteiger partial charge on any atom is -0.478 e. The van der Waals surface area contributed by atoms with Gasteiger partial charge in [0.1, 0.15) is 0 Å². The van der Waals surface area contributed by atoms with E-state index in [1.165, 1.54) is 11.1 Å². The number of benzene rings is 2. The first kappa shape index (κ1) is 13.1. The molecule has 2 aromatic carbocycles. The van der Waals surface area contributed by atoms with Crippen molar-refractivity contribution < 1.29 is 9.90 Å². The van der Waals surface area contributed by atoms with Crippen molar-refractivity contribution in [1.29, 1.82) is 0 Å². The summed E-state index contributed by atoms with van der Waals surface area (Å²) in [5.74, 6) is -0.905. The predicted molar refractivity (Wildman–Crippen MR) is 76.5 cm³/mol. The third-order valence-electron chi connectivity index (χ3n) is 3.09. The molecule has 2 rings (SSSR count). The molecule has 0 aliphatic rings. The fraction of sp³-hybridized carbons (Fsp3) is 0.188. The SMILES string of the molecule is CCc1ccccc1CNc1cccc(C(=O)O)c1. The smallest absolute Gasteiger partial charge is 0.335 e. The molecule has 0 saturated carbocycles. The van der Waals surface area contributed by atoms with Gasteiger partial charge < -0.3 is 10.4 Å². The molecular weight excluding hydrogens is 238 g/mol. The zero-order valence-electron chi connectivity index (χ0n) is 10.9. The number of hydrogen-bond donors (Lipinski definition) is 2. The highest BCUT2D eigenvalue weighted by atomic mass is 16.4. The molecule has 2 aromatic rings. The second-order valence-electron chi connectivity index (χ2n) is 4.36. The number of aryl methyl sites for hydroxylation is 1. The van der Waals surface area contributed by atoms with E-state index in [9.17, 15) is 4.79 Å². The number of rotatable bonds is 5. The fourth-order valence-electron chi connectivity index (χ4n) is 2.03. The summed E-state index contributed by atoms with van der Waals surface area (Å²) in [6.45, 7) is 2.83. The summed E-state index contributed by atoms with van der Waals surface area (Å²) in [6.07, 6.45) is 0.993. The van der Waals surface area contributed by atoms with E-state index in [-0.39, 0.29) is 0 Å². The highest BCUT2D eigenvalue weighted by molar-refractivity contribution is 5.88. The Morgan fingerprint density at radius 3 is 2.53 bits per heavy atom. The summed E-state index contributed by atoms with van der Waals surface area (Å²) < 4.78 is 0.